The van der Waals surface area contributed by atoms with Crippen LogP contribution in [-0.4, -0.2) is 64.5 Å². The summed E-state index contributed by atoms with van der Waals surface area (Å²) in [6.45, 7) is 7.10. The second-order valence-corrected chi connectivity index (χ2v) is 6.66. The Kier molecular flexibility index (Phi) is 5.05. The molecule has 1 spiro atoms. The molecule has 0 saturated carbocycles. The number of aliphatic carboxylic acids is 1. The fraction of sp³-hybridized carbons (Fsp3) is 0.800. The Hall–Kier alpha value is -1.63. The van der Waals surface area contributed by atoms with Gasteiger partial charge in [-0.05, 0) is 25.2 Å². The van der Waals surface area contributed by atoms with Crippen molar-refractivity contribution in [1.29, 1.82) is 0 Å². The fourth-order valence-electron chi connectivity index (χ4n) is 3.24. The van der Waals surface area contributed by atoms with Crippen LogP contribution in [0.3, 0.4) is 0 Å². The van der Waals surface area contributed by atoms with E-state index in [1.165, 1.54) is 4.90 Å². The average Bonchev–Trinajstić information content (AvgIpc) is 2.65. The number of rotatable bonds is 6. The number of urea groups is 1. The van der Waals surface area contributed by atoms with E-state index in [9.17, 15) is 14.4 Å². The number of carbonyl (C=O) groups excluding carboxylic acids is 2. The number of nitrogens with one attached hydrogen (secondary N) is 1. The van der Waals surface area contributed by atoms with Crippen molar-refractivity contribution in [3.63, 3.8) is 0 Å². The Morgan fingerprint density at radius 3 is 2.50 bits per heavy atom. The van der Waals surface area contributed by atoms with Gasteiger partial charge < -0.3 is 15.3 Å². The van der Waals surface area contributed by atoms with Crippen molar-refractivity contribution in [2.24, 2.45) is 5.92 Å². The first-order chi connectivity index (χ1) is 10.3. The van der Waals surface area contributed by atoms with E-state index in [1.807, 2.05) is 0 Å². The zero-order valence-electron chi connectivity index (χ0n) is 13.3. The molecule has 0 unspecified atom stereocenters. The maximum Gasteiger partial charge on any atom is 0.325 e. The Morgan fingerprint density at radius 1 is 1.32 bits per heavy atom. The van der Waals surface area contributed by atoms with Crippen molar-refractivity contribution < 1.29 is 19.5 Å². The lowest BCUT2D eigenvalue weighted by atomic mass is 9.87. The van der Waals surface area contributed by atoms with Crippen LogP contribution in [0.5, 0.6) is 0 Å². The van der Waals surface area contributed by atoms with Crippen LogP contribution in [0, 0.1) is 5.92 Å². The van der Waals surface area contributed by atoms with Crippen molar-refractivity contribution in [1.82, 2.24) is 15.1 Å². The molecule has 2 aliphatic rings. The first-order valence-corrected chi connectivity index (χ1v) is 7.92. The molecule has 2 heterocycles. The predicted molar refractivity (Wildman–Crippen MR) is 80.4 cm³/mol. The summed E-state index contributed by atoms with van der Waals surface area (Å²) < 4.78 is 0. The van der Waals surface area contributed by atoms with Gasteiger partial charge in [-0.1, -0.05) is 13.8 Å². The van der Waals surface area contributed by atoms with Gasteiger partial charge in [0.25, 0.3) is 5.91 Å². The lowest BCUT2D eigenvalue weighted by Crippen LogP contribution is -2.55. The maximum atomic E-state index is 12.6. The molecule has 3 amide bonds. The van der Waals surface area contributed by atoms with Crippen LogP contribution in [0.4, 0.5) is 4.79 Å². The zero-order valence-corrected chi connectivity index (χ0v) is 13.3. The van der Waals surface area contributed by atoms with Gasteiger partial charge in [-0.25, -0.2) is 4.79 Å². The van der Waals surface area contributed by atoms with Crippen LogP contribution in [0.2, 0.25) is 0 Å². The number of amides is 3. The molecule has 2 fully saturated rings. The van der Waals surface area contributed by atoms with E-state index in [1.54, 1.807) is 0 Å². The highest BCUT2D eigenvalue weighted by molar-refractivity contribution is 6.07. The minimum atomic E-state index is -0.913. The quantitative estimate of drug-likeness (QED) is 0.711. The molecule has 22 heavy (non-hydrogen) atoms. The van der Waals surface area contributed by atoms with Gasteiger partial charge in [0.1, 0.15) is 5.54 Å². The molecule has 0 aromatic heterocycles. The Bertz CT molecular complexity index is 456. The van der Waals surface area contributed by atoms with Gasteiger partial charge in [0.15, 0.2) is 0 Å². The van der Waals surface area contributed by atoms with E-state index in [2.05, 4.69) is 24.1 Å². The third-order valence-electron chi connectivity index (χ3n) is 4.35. The Balaban J connectivity index is 1.92. The molecule has 0 radical (unpaired) electrons. The number of carbonyl (C=O) groups is 3. The van der Waals surface area contributed by atoms with Crippen molar-refractivity contribution in [3.05, 3.63) is 0 Å². The molecular formula is C15H25N3O4. The molecule has 0 aromatic rings. The summed E-state index contributed by atoms with van der Waals surface area (Å²) in [5.74, 6) is -0.522. The molecule has 2 aliphatic heterocycles. The number of piperidine rings is 1. The lowest BCUT2D eigenvalue weighted by molar-refractivity contribution is -0.138. The molecule has 0 atom stereocenters. The van der Waals surface area contributed by atoms with Crippen LogP contribution in [0.15, 0.2) is 0 Å². The van der Waals surface area contributed by atoms with E-state index < -0.39 is 11.5 Å². The molecule has 2 saturated heterocycles. The van der Waals surface area contributed by atoms with E-state index in [4.69, 9.17) is 5.11 Å². The summed E-state index contributed by atoms with van der Waals surface area (Å²) in [6, 6.07) is -0.382. The van der Waals surface area contributed by atoms with Crippen molar-refractivity contribution in [3.8, 4) is 0 Å². The first-order valence-electron chi connectivity index (χ1n) is 7.92. The molecule has 0 bridgehead atoms. The van der Waals surface area contributed by atoms with Crippen LogP contribution < -0.4 is 5.32 Å². The smallest absolute Gasteiger partial charge is 0.325 e. The summed E-state index contributed by atoms with van der Waals surface area (Å²) in [4.78, 5) is 38.6. The van der Waals surface area contributed by atoms with Crippen molar-refractivity contribution in [2.75, 3.05) is 26.2 Å². The maximum absolute atomic E-state index is 12.6. The van der Waals surface area contributed by atoms with Gasteiger partial charge in [0.2, 0.25) is 0 Å². The minimum Gasteiger partial charge on any atom is -0.481 e. The van der Waals surface area contributed by atoms with Gasteiger partial charge in [-0.2, -0.15) is 0 Å². The standard InChI is InChI=1S/C15H25N3O4/c1-11(2)10-17-8-5-15(6-9-17)13(21)18(14(22)16-15)7-3-4-12(19)20/h11H,3-10H2,1-2H3,(H,16,22)(H,19,20). The highest BCUT2D eigenvalue weighted by Crippen LogP contribution is 2.29. The second-order valence-electron chi connectivity index (χ2n) is 6.66. The molecular weight excluding hydrogens is 286 g/mol. The van der Waals surface area contributed by atoms with E-state index in [-0.39, 0.29) is 24.9 Å². The molecule has 124 valence electrons. The number of hydrogen-bond acceptors (Lipinski definition) is 4. The monoisotopic (exact) mass is 311 g/mol. The van der Waals surface area contributed by atoms with Crippen LogP contribution in [-0.2, 0) is 9.59 Å². The Labute approximate surface area is 130 Å². The predicted octanol–water partition coefficient (Wildman–Crippen LogP) is 0.894. The highest BCUT2D eigenvalue weighted by atomic mass is 16.4. The summed E-state index contributed by atoms with van der Waals surface area (Å²) in [6.07, 6.45) is 1.51. The van der Waals surface area contributed by atoms with Crippen LogP contribution >= 0.6 is 0 Å². The summed E-state index contributed by atoms with van der Waals surface area (Å²) in [5, 5.41) is 11.5. The number of imide groups is 1. The summed E-state index contributed by atoms with van der Waals surface area (Å²) >= 11 is 0. The topological polar surface area (TPSA) is 90.0 Å². The fourth-order valence-corrected chi connectivity index (χ4v) is 3.24. The minimum absolute atomic E-state index is 0.0355. The number of carboxylic acid groups (broad SMARTS) is 1. The summed E-state index contributed by atoms with van der Waals surface area (Å²) in [5.41, 5.74) is -0.770. The van der Waals surface area contributed by atoms with Gasteiger partial charge in [0.05, 0.1) is 0 Å². The lowest BCUT2D eigenvalue weighted by Gasteiger charge is -2.37. The highest BCUT2D eigenvalue weighted by Gasteiger charge is 2.51. The van der Waals surface area contributed by atoms with Gasteiger partial charge in [-0.3, -0.25) is 14.5 Å². The van der Waals surface area contributed by atoms with Crippen LogP contribution in [0.25, 0.3) is 0 Å². The molecule has 2 rings (SSSR count). The van der Waals surface area contributed by atoms with Gasteiger partial charge >= 0.3 is 12.0 Å². The molecule has 7 nitrogen and oxygen atoms in total. The van der Waals surface area contributed by atoms with Gasteiger partial charge in [0, 0.05) is 32.6 Å². The van der Waals surface area contributed by atoms with Crippen molar-refractivity contribution >= 4 is 17.9 Å². The number of likely N-dealkylation sites (tertiary alicyclic amines) is 1. The third-order valence-corrected chi connectivity index (χ3v) is 4.35. The normalized spacial score (nSPS) is 21.7. The largest absolute Gasteiger partial charge is 0.481 e. The third kappa shape index (κ3) is 3.58. The van der Waals surface area contributed by atoms with E-state index in [0.29, 0.717) is 25.2 Å². The first kappa shape index (κ1) is 16.7. The SMILES string of the molecule is CC(C)CN1CCC2(CC1)NC(=O)N(CCCC(=O)O)C2=O. The number of nitrogens with zero attached hydrogens (tertiary/aromatic N) is 2. The Morgan fingerprint density at radius 2 is 1.95 bits per heavy atom. The molecule has 2 N–H and O–H groups in total. The number of carboxylic acids is 1. The zero-order chi connectivity index (χ0) is 16.3. The molecule has 0 aromatic carbocycles. The molecule has 0 aliphatic carbocycles. The van der Waals surface area contributed by atoms with Gasteiger partial charge in [-0.15, -0.1) is 0 Å². The van der Waals surface area contributed by atoms with Crippen LogP contribution in [0.1, 0.15) is 39.5 Å². The van der Waals surface area contributed by atoms with E-state index in [0.717, 1.165) is 19.6 Å². The van der Waals surface area contributed by atoms with Crippen molar-refractivity contribution in [2.45, 2.75) is 45.1 Å². The number of hydrogen-bond donors (Lipinski definition) is 2. The van der Waals surface area contributed by atoms with E-state index >= 15 is 0 Å². The second kappa shape index (κ2) is 6.64. The summed E-state index contributed by atoms with van der Waals surface area (Å²) in [7, 11) is 0. The average molecular weight is 311 g/mol. The molecule has 7 heteroatoms.